The van der Waals surface area contributed by atoms with E-state index in [2.05, 4.69) is 19.9 Å². The first-order valence-corrected chi connectivity index (χ1v) is 4.53. The van der Waals surface area contributed by atoms with Crippen LogP contribution < -0.4 is 0 Å². The second kappa shape index (κ2) is 4.05. The Hall–Kier alpha value is 0.363. The molecule has 0 aromatic carbocycles. The van der Waals surface area contributed by atoms with Crippen LogP contribution in [-0.2, 0) is 26.2 Å². The van der Waals surface area contributed by atoms with Gasteiger partial charge in [0.1, 0.15) is 0 Å². The maximum atomic E-state index is 2.34. The minimum Gasteiger partial charge on any atom is -0.0701 e. The molecular formula is C11H15Zr. The van der Waals surface area contributed by atoms with Gasteiger partial charge in [-0.25, -0.2) is 0 Å². The van der Waals surface area contributed by atoms with Gasteiger partial charge in [-0.05, 0) is 38.2 Å². The van der Waals surface area contributed by atoms with Gasteiger partial charge in [-0.2, -0.15) is 0 Å². The van der Waals surface area contributed by atoms with Gasteiger partial charge >= 0.3 is 0 Å². The summed E-state index contributed by atoms with van der Waals surface area (Å²) in [4.78, 5) is 0. The van der Waals surface area contributed by atoms with Crippen LogP contribution in [-0.4, -0.2) is 0 Å². The fourth-order valence-electron chi connectivity index (χ4n) is 2.27. The molecule has 0 aromatic heterocycles. The topological polar surface area (TPSA) is 0 Å². The van der Waals surface area contributed by atoms with E-state index in [-0.39, 0.29) is 26.2 Å². The van der Waals surface area contributed by atoms with E-state index in [1.165, 1.54) is 37.2 Å². The summed E-state index contributed by atoms with van der Waals surface area (Å²) < 4.78 is 0. The normalized spacial score (nSPS) is 23.3. The molecule has 0 bridgehead atoms. The van der Waals surface area contributed by atoms with Crippen molar-refractivity contribution < 1.29 is 26.2 Å². The standard InChI is InChI=1S/C11H15.Zr/c1-8-7-9(2)11-6-4-3-5-10(8)11;/h7H,3-6H2,1-2H3;. The number of hydrogen-bond acceptors (Lipinski definition) is 0. The summed E-state index contributed by atoms with van der Waals surface area (Å²) in [6, 6.07) is 0. The summed E-state index contributed by atoms with van der Waals surface area (Å²) in [6.07, 6.45) is 7.80. The van der Waals surface area contributed by atoms with Gasteiger partial charge < -0.3 is 0 Å². The molecule has 0 N–H and O–H groups in total. The summed E-state index contributed by atoms with van der Waals surface area (Å²) in [6.45, 7) is 4.49. The Morgan fingerprint density at radius 3 is 2.17 bits per heavy atom. The third-order valence-corrected chi connectivity index (χ3v) is 2.85. The van der Waals surface area contributed by atoms with Crippen molar-refractivity contribution in [2.75, 3.05) is 0 Å². The molecule has 0 aromatic rings. The molecule has 63 valence electrons. The number of rotatable bonds is 0. The van der Waals surface area contributed by atoms with Crippen molar-refractivity contribution in [1.82, 2.24) is 0 Å². The van der Waals surface area contributed by atoms with Gasteiger partial charge in [0.2, 0.25) is 0 Å². The first kappa shape index (κ1) is 10.4. The van der Waals surface area contributed by atoms with Crippen LogP contribution in [0.4, 0.5) is 0 Å². The van der Waals surface area contributed by atoms with Gasteiger partial charge in [0, 0.05) is 32.1 Å². The average molecular weight is 238 g/mol. The minimum absolute atomic E-state index is 0. The Morgan fingerprint density at radius 2 is 1.58 bits per heavy atom. The molecule has 1 radical (unpaired) electrons. The fraction of sp³-hybridized carbons (Fsp3) is 0.545. The Labute approximate surface area is 94.2 Å². The third-order valence-electron chi connectivity index (χ3n) is 2.85. The van der Waals surface area contributed by atoms with Crippen LogP contribution in [0.15, 0.2) is 22.8 Å². The number of hydrogen-bond donors (Lipinski definition) is 0. The molecule has 0 heterocycles. The van der Waals surface area contributed by atoms with Crippen LogP contribution in [0.2, 0.25) is 0 Å². The van der Waals surface area contributed by atoms with Crippen LogP contribution in [0.5, 0.6) is 0 Å². The van der Waals surface area contributed by atoms with E-state index < -0.39 is 0 Å². The Balaban J connectivity index is 0.000000720. The van der Waals surface area contributed by atoms with Gasteiger partial charge in [0.25, 0.3) is 0 Å². The third kappa shape index (κ3) is 1.66. The second-order valence-corrected chi connectivity index (χ2v) is 3.67. The summed E-state index contributed by atoms with van der Waals surface area (Å²) >= 11 is 0. The molecule has 0 aliphatic heterocycles. The molecule has 0 fully saturated rings. The molecule has 0 spiro atoms. The van der Waals surface area contributed by atoms with E-state index in [9.17, 15) is 0 Å². The summed E-state index contributed by atoms with van der Waals surface area (Å²) in [7, 11) is 0. The summed E-state index contributed by atoms with van der Waals surface area (Å²) in [5.41, 5.74) is 4.85. The van der Waals surface area contributed by atoms with Crippen LogP contribution >= 0.6 is 0 Å². The minimum atomic E-state index is 0. The predicted molar refractivity (Wildman–Crippen MR) is 48.2 cm³/mol. The van der Waals surface area contributed by atoms with Crippen molar-refractivity contribution in [2.24, 2.45) is 0 Å². The molecule has 0 saturated carbocycles. The molecule has 0 atom stereocenters. The predicted octanol–water partition coefficient (Wildman–Crippen LogP) is 3.41. The van der Waals surface area contributed by atoms with Crippen molar-refractivity contribution in [2.45, 2.75) is 39.5 Å². The van der Waals surface area contributed by atoms with Crippen molar-refractivity contribution in [3.05, 3.63) is 28.7 Å². The van der Waals surface area contributed by atoms with E-state index in [0.29, 0.717) is 0 Å². The molecule has 12 heavy (non-hydrogen) atoms. The van der Waals surface area contributed by atoms with Crippen LogP contribution in [0.25, 0.3) is 0 Å². The first-order valence-electron chi connectivity index (χ1n) is 4.53. The van der Waals surface area contributed by atoms with E-state index >= 15 is 0 Å². The van der Waals surface area contributed by atoms with Crippen molar-refractivity contribution in [3.8, 4) is 0 Å². The van der Waals surface area contributed by atoms with E-state index in [0.717, 1.165) is 0 Å². The van der Waals surface area contributed by atoms with Crippen molar-refractivity contribution in [1.29, 1.82) is 0 Å². The zero-order valence-electron chi connectivity index (χ0n) is 7.91. The van der Waals surface area contributed by atoms with Crippen molar-refractivity contribution >= 4 is 0 Å². The smallest absolute Gasteiger partial charge is 0.0200 e. The Kier molecular flexibility index (Phi) is 3.52. The van der Waals surface area contributed by atoms with Gasteiger partial charge in [-0.3, -0.25) is 0 Å². The van der Waals surface area contributed by atoms with Crippen molar-refractivity contribution in [3.63, 3.8) is 0 Å². The number of allylic oxidation sites excluding steroid dienone is 4. The molecule has 0 amide bonds. The largest absolute Gasteiger partial charge is 0.0701 e. The van der Waals surface area contributed by atoms with Crippen LogP contribution in [0.1, 0.15) is 39.5 Å². The van der Waals surface area contributed by atoms with Gasteiger partial charge in [-0.15, -0.1) is 0 Å². The molecule has 1 heteroatoms. The molecule has 0 nitrogen and oxygen atoms in total. The Bertz CT molecular complexity index is 235. The SMILES string of the molecule is C[C]1C=C(C)C2=C1CCCC2.[Zr]. The zero-order valence-corrected chi connectivity index (χ0v) is 10.4. The quantitative estimate of drug-likeness (QED) is 0.607. The monoisotopic (exact) mass is 237 g/mol. The van der Waals surface area contributed by atoms with Gasteiger partial charge in [-0.1, -0.05) is 24.1 Å². The van der Waals surface area contributed by atoms with E-state index in [1.54, 1.807) is 11.1 Å². The van der Waals surface area contributed by atoms with E-state index in [4.69, 9.17) is 0 Å². The maximum Gasteiger partial charge on any atom is 0.0200 e. The average Bonchev–Trinajstić information content (AvgIpc) is 2.30. The zero-order chi connectivity index (χ0) is 7.84. The summed E-state index contributed by atoms with van der Waals surface area (Å²) in [5.74, 6) is 1.53. The summed E-state index contributed by atoms with van der Waals surface area (Å²) in [5, 5.41) is 0. The van der Waals surface area contributed by atoms with Crippen LogP contribution in [0, 0.1) is 5.92 Å². The molecule has 0 saturated heterocycles. The van der Waals surface area contributed by atoms with Gasteiger partial charge in [0.05, 0.1) is 0 Å². The molecular weight excluding hydrogens is 223 g/mol. The van der Waals surface area contributed by atoms with Crippen LogP contribution in [0.3, 0.4) is 0 Å². The fourth-order valence-corrected chi connectivity index (χ4v) is 2.27. The van der Waals surface area contributed by atoms with Gasteiger partial charge in [0.15, 0.2) is 0 Å². The molecule has 2 rings (SSSR count). The molecule has 2 aliphatic carbocycles. The first-order chi connectivity index (χ1) is 5.29. The van der Waals surface area contributed by atoms with E-state index in [1.807, 2.05) is 0 Å². The molecule has 2 aliphatic rings. The molecule has 0 unspecified atom stereocenters. The second-order valence-electron chi connectivity index (χ2n) is 3.67. The maximum absolute atomic E-state index is 2.34. The Morgan fingerprint density at radius 1 is 1.00 bits per heavy atom.